The van der Waals surface area contributed by atoms with Crippen molar-refractivity contribution in [1.82, 2.24) is 9.47 Å². The van der Waals surface area contributed by atoms with Crippen molar-refractivity contribution in [2.75, 3.05) is 0 Å². The summed E-state index contributed by atoms with van der Waals surface area (Å²) >= 11 is 0. The van der Waals surface area contributed by atoms with E-state index in [0.717, 1.165) is 22.3 Å². The van der Waals surface area contributed by atoms with Gasteiger partial charge < -0.3 is 9.67 Å². The zero-order valence-corrected chi connectivity index (χ0v) is 14.4. The molecule has 1 N–H and O–H groups in total. The molecule has 1 aromatic heterocycles. The molecule has 1 unspecified atom stereocenters. The summed E-state index contributed by atoms with van der Waals surface area (Å²) in [6.45, 7) is 0.763. The highest BCUT2D eigenvalue weighted by Gasteiger charge is 2.35. The number of carboxylic acid groups (broad SMARTS) is 1. The Hall–Kier alpha value is -2.92. The molecule has 5 heteroatoms. The van der Waals surface area contributed by atoms with Gasteiger partial charge in [0, 0.05) is 38.1 Å². The minimum absolute atomic E-state index is 0.256. The lowest BCUT2D eigenvalue weighted by Gasteiger charge is -2.22. The number of carboxylic acids is 1. The van der Waals surface area contributed by atoms with Gasteiger partial charge in [0.25, 0.3) is 0 Å². The highest BCUT2D eigenvalue weighted by atomic mass is 19.1. The SMILES string of the molecule is Cn1ccc(-c2ccc(CN3Cc4ccccc4C3C(=O)O)c(F)c2)c1. The van der Waals surface area contributed by atoms with Gasteiger partial charge in [-0.15, -0.1) is 0 Å². The summed E-state index contributed by atoms with van der Waals surface area (Å²) in [6, 6.07) is 13.9. The van der Waals surface area contributed by atoms with Gasteiger partial charge in [-0.1, -0.05) is 36.4 Å². The van der Waals surface area contributed by atoms with Gasteiger partial charge in [0.15, 0.2) is 0 Å². The van der Waals surface area contributed by atoms with E-state index >= 15 is 0 Å². The van der Waals surface area contributed by atoms with Crippen LogP contribution in [0.3, 0.4) is 0 Å². The van der Waals surface area contributed by atoms with Crippen LogP contribution in [0.1, 0.15) is 22.7 Å². The maximum absolute atomic E-state index is 14.7. The number of carbonyl (C=O) groups is 1. The standard InChI is InChI=1S/C21H19FN2O2/c1-23-9-8-15(11-23)14-6-7-17(19(22)10-14)13-24-12-16-4-2-3-5-18(16)20(24)21(25)26/h2-11,20H,12-13H2,1H3,(H,25,26). The lowest BCUT2D eigenvalue weighted by molar-refractivity contribution is -0.143. The summed E-state index contributed by atoms with van der Waals surface area (Å²) in [7, 11) is 1.92. The van der Waals surface area contributed by atoms with Crippen molar-refractivity contribution in [1.29, 1.82) is 0 Å². The van der Waals surface area contributed by atoms with Crippen LogP contribution >= 0.6 is 0 Å². The second-order valence-electron chi connectivity index (χ2n) is 6.72. The van der Waals surface area contributed by atoms with E-state index in [9.17, 15) is 14.3 Å². The van der Waals surface area contributed by atoms with Crippen LogP contribution in [-0.2, 0) is 24.9 Å². The number of fused-ring (bicyclic) bond motifs is 1. The normalized spacial score (nSPS) is 16.6. The van der Waals surface area contributed by atoms with E-state index in [-0.39, 0.29) is 12.4 Å². The van der Waals surface area contributed by atoms with Crippen LogP contribution in [0.15, 0.2) is 60.9 Å². The Morgan fingerprint density at radius 2 is 2.00 bits per heavy atom. The Morgan fingerprint density at radius 1 is 1.19 bits per heavy atom. The molecule has 0 aliphatic carbocycles. The Kier molecular flexibility index (Phi) is 4.09. The van der Waals surface area contributed by atoms with Crippen LogP contribution in [-0.4, -0.2) is 20.5 Å². The zero-order chi connectivity index (χ0) is 18.3. The van der Waals surface area contributed by atoms with Gasteiger partial charge in [0.1, 0.15) is 11.9 Å². The minimum Gasteiger partial charge on any atom is -0.480 e. The maximum atomic E-state index is 14.7. The summed E-state index contributed by atoms with van der Waals surface area (Å²) in [4.78, 5) is 13.6. The molecule has 0 saturated heterocycles. The average molecular weight is 350 g/mol. The van der Waals surface area contributed by atoms with E-state index in [1.807, 2.05) is 60.4 Å². The van der Waals surface area contributed by atoms with Gasteiger partial charge in [-0.05, 0) is 34.4 Å². The first-order chi connectivity index (χ1) is 12.5. The highest BCUT2D eigenvalue weighted by molar-refractivity contribution is 5.77. The molecule has 4 nitrogen and oxygen atoms in total. The molecule has 132 valence electrons. The van der Waals surface area contributed by atoms with E-state index in [1.165, 1.54) is 6.07 Å². The third-order valence-electron chi connectivity index (χ3n) is 4.91. The topological polar surface area (TPSA) is 45.5 Å². The summed E-state index contributed by atoms with van der Waals surface area (Å²) in [5.41, 5.74) is 4.05. The van der Waals surface area contributed by atoms with Crippen molar-refractivity contribution in [2.24, 2.45) is 7.05 Å². The van der Waals surface area contributed by atoms with Crippen molar-refractivity contribution in [3.05, 3.63) is 83.4 Å². The molecule has 26 heavy (non-hydrogen) atoms. The predicted molar refractivity (Wildman–Crippen MR) is 96.9 cm³/mol. The van der Waals surface area contributed by atoms with Crippen LogP contribution in [0.2, 0.25) is 0 Å². The van der Waals surface area contributed by atoms with Gasteiger partial charge in [0.05, 0.1) is 0 Å². The molecule has 4 rings (SSSR count). The third kappa shape index (κ3) is 2.91. The van der Waals surface area contributed by atoms with Gasteiger partial charge >= 0.3 is 5.97 Å². The summed E-state index contributed by atoms with van der Waals surface area (Å²) < 4.78 is 16.6. The quantitative estimate of drug-likeness (QED) is 0.774. The monoisotopic (exact) mass is 350 g/mol. The molecule has 0 amide bonds. The molecule has 0 fully saturated rings. The summed E-state index contributed by atoms with van der Waals surface area (Å²) in [5.74, 6) is -1.22. The maximum Gasteiger partial charge on any atom is 0.325 e. The molecule has 1 aliphatic heterocycles. The molecule has 2 aromatic carbocycles. The van der Waals surface area contributed by atoms with Gasteiger partial charge in [0.2, 0.25) is 0 Å². The van der Waals surface area contributed by atoms with E-state index in [1.54, 1.807) is 11.0 Å². The van der Waals surface area contributed by atoms with Crippen LogP contribution in [0.5, 0.6) is 0 Å². The average Bonchev–Trinajstić information content (AvgIpc) is 3.19. The first-order valence-corrected chi connectivity index (χ1v) is 8.48. The Balaban J connectivity index is 1.60. The largest absolute Gasteiger partial charge is 0.480 e. The number of aromatic nitrogens is 1. The van der Waals surface area contributed by atoms with Crippen molar-refractivity contribution < 1.29 is 14.3 Å². The van der Waals surface area contributed by atoms with E-state index in [4.69, 9.17) is 0 Å². The number of halogens is 1. The molecular weight excluding hydrogens is 331 g/mol. The summed E-state index contributed by atoms with van der Waals surface area (Å²) in [5, 5.41) is 9.64. The number of aliphatic carboxylic acids is 1. The molecule has 3 aromatic rings. The molecule has 0 radical (unpaired) electrons. The van der Waals surface area contributed by atoms with E-state index in [2.05, 4.69) is 0 Å². The van der Waals surface area contributed by atoms with Crippen LogP contribution in [0.25, 0.3) is 11.1 Å². The second-order valence-corrected chi connectivity index (χ2v) is 6.72. The zero-order valence-electron chi connectivity index (χ0n) is 14.4. The molecule has 0 saturated carbocycles. The lowest BCUT2D eigenvalue weighted by atomic mass is 10.0. The lowest BCUT2D eigenvalue weighted by Crippen LogP contribution is -2.28. The van der Waals surface area contributed by atoms with Crippen LogP contribution in [0, 0.1) is 5.82 Å². The number of aryl methyl sites for hydroxylation is 1. The smallest absolute Gasteiger partial charge is 0.325 e. The van der Waals surface area contributed by atoms with E-state index < -0.39 is 12.0 Å². The fourth-order valence-electron chi connectivity index (χ4n) is 3.64. The Bertz CT molecular complexity index is 980. The fourth-order valence-corrected chi connectivity index (χ4v) is 3.64. The van der Waals surface area contributed by atoms with Crippen molar-refractivity contribution in [2.45, 2.75) is 19.1 Å². The number of rotatable bonds is 4. The van der Waals surface area contributed by atoms with Crippen LogP contribution in [0.4, 0.5) is 4.39 Å². The fraction of sp³-hybridized carbons (Fsp3) is 0.190. The molecule has 1 atom stereocenters. The Labute approximate surface area is 151 Å². The minimum atomic E-state index is -0.906. The van der Waals surface area contributed by atoms with Gasteiger partial charge in [-0.25, -0.2) is 4.39 Å². The number of hydrogen-bond acceptors (Lipinski definition) is 2. The first-order valence-electron chi connectivity index (χ1n) is 8.48. The Morgan fingerprint density at radius 3 is 2.69 bits per heavy atom. The molecule has 0 spiro atoms. The van der Waals surface area contributed by atoms with Gasteiger partial charge in [-0.2, -0.15) is 0 Å². The molecule has 1 aliphatic rings. The molecular formula is C21H19FN2O2. The number of benzene rings is 2. The number of hydrogen-bond donors (Lipinski definition) is 1. The summed E-state index contributed by atoms with van der Waals surface area (Å²) in [6.07, 6.45) is 3.85. The predicted octanol–water partition coefficient (Wildman–Crippen LogP) is 3.97. The van der Waals surface area contributed by atoms with Crippen LogP contribution < -0.4 is 0 Å². The highest BCUT2D eigenvalue weighted by Crippen LogP contribution is 2.35. The second kappa shape index (κ2) is 6.42. The third-order valence-corrected chi connectivity index (χ3v) is 4.91. The van der Waals surface area contributed by atoms with Crippen molar-refractivity contribution in [3.8, 4) is 11.1 Å². The first kappa shape index (κ1) is 16.5. The molecule has 0 bridgehead atoms. The van der Waals surface area contributed by atoms with Crippen molar-refractivity contribution >= 4 is 5.97 Å². The van der Waals surface area contributed by atoms with Gasteiger partial charge in [-0.3, -0.25) is 9.69 Å². The van der Waals surface area contributed by atoms with Crippen molar-refractivity contribution in [3.63, 3.8) is 0 Å². The number of nitrogens with zero attached hydrogens (tertiary/aromatic N) is 2. The van der Waals surface area contributed by atoms with E-state index in [0.29, 0.717) is 12.1 Å². The molecule has 2 heterocycles.